The molecule has 0 unspecified atom stereocenters. The minimum absolute atomic E-state index is 0.0845. The van der Waals surface area contributed by atoms with Gasteiger partial charge in [0.05, 0.1) is 11.3 Å². The van der Waals surface area contributed by atoms with Crippen LogP contribution >= 0.6 is 11.6 Å². The fraction of sp³-hybridized carbons (Fsp3) is 0.533. The van der Waals surface area contributed by atoms with Crippen molar-refractivity contribution in [3.63, 3.8) is 0 Å². The lowest BCUT2D eigenvalue weighted by molar-refractivity contribution is 0.0498. The average molecular weight is 279 g/mol. The van der Waals surface area contributed by atoms with Crippen LogP contribution in [0.15, 0.2) is 12.1 Å². The number of nitrogens with zero attached hydrogens (tertiary/aromatic N) is 1. The Labute approximate surface area is 118 Å². The summed E-state index contributed by atoms with van der Waals surface area (Å²) < 4.78 is 0. The van der Waals surface area contributed by atoms with E-state index in [1.807, 2.05) is 24.9 Å². The first kappa shape index (κ1) is 12.8. The van der Waals surface area contributed by atoms with Crippen molar-refractivity contribution in [2.75, 3.05) is 12.4 Å². The maximum Gasteiger partial charge on any atom is 0.257 e. The maximum atomic E-state index is 12.6. The largest absolute Gasteiger partial charge is 0.362 e. The highest BCUT2D eigenvalue weighted by Crippen LogP contribution is 2.41. The van der Waals surface area contributed by atoms with E-state index in [0.29, 0.717) is 10.6 Å². The van der Waals surface area contributed by atoms with Gasteiger partial charge in [0.25, 0.3) is 5.91 Å². The summed E-state index contributed by atoms with van der Waals surface area (Å²) in [4.78, 5) is 14.5. The second kappa shape index (κ2) is 4.41. The van der Waals surface area contributed by atoms with Gasteiger partial charge in [0.15, 0.2) is 0 Å². The normalized spacial score (nSPS) is 21.2. The van der Waals surface area contributed by atoms with Crippen LogP contribution < -0.4 is 5.32 Å². The van der Waals surface area contributed by atoms with E-state index in [9.17, 15) is 4.79 Å². The number of halogens is 1. The molecule has 1 fully saturated rings. The lowest BCUT2D eigenvalue weighted by Crippen LogP contribution is -2.59. The molecule has 3 rings (SSSR count). The molecule has 19 heavy (non-hydrogen) atoms. The number of hydrogen-bond donors (Lipinski definition) is 1. The molecular weight excluding hydrogens is 260 g/mol. The fourth-order valence-electron chi connectivity index (χ4n) is 3.37. The van der Waals surface area contributed by atoms with E-state index >= 15 is 0 Å². The molecule has 1 N–H and O–H groups in total. The average Bonchev–Trinajstić information content (AvgIpc) is 2.39. The number of anilines is 1. The Kier molecular flexibility index (Phi) is 2.97. The lowest BCUT2D eigenvalue weighted by atomic mass is 9.84. The second-order valence-electron chi connectivity index (χ2n) is 5.73. The van der Waals surface area contributed by atoms with Crippen LogP contribution in [0.1, 0.15) is 48.0 Å². The molecule has 1 spiro atoms. The van der Waals surface area contributed by atoms with Crippen LogP contribution in [0, 0.1) is 6.92 Å². The first-order valence-corrected chi connectivity index (χ1v) is 7.28. The van der Waals surface area contributed by atoms with Crippen molar-refractivity contribution in [2.45, 2.75) is 44.7 Å². The van der Waals surface area contributed by atoms with Gasteiger partial charge < -0.3 is 10.2 Å². The van der Waals surface area contributed by atoms with Crippen LogP contribution in [0.4, 0.5) is 5.69 Å². The smallest absolute Gasteiger partial charge is 0.257 e. The van der Waals surface area contributed by atoms with Crippen molar-refractivity contribution in [3.05, 3.63) is 28.3 Å². The maximum absolute atomic E-state index is 12.6. The molecule has 1 aliphatic heterocycles. The summed E-state index contributed by atoms with van der Waals surface area (Å²) in [5.74, 6) is 0.0845. The summed E-state index contributed by atoms with van der Waals surface area (Å²) in [5, 5.41) is 4.26. The summed E-state index contributed by atoms with van der Waals surface area (Å²) in [6.45, 7) is 2.01. The summed E-state index contributed by atoms with van der Waals surface area (Å²) >= 11 is 6.07. The Hall–Kier alpha value is -1.22. The Morgan fingerprint density at radius 2 is 1.95 bits per heavy atom. The van der Waals surface area contributed by atoms with E-state index in [-0.39, 0.29) is 11.6 Å². The van der Waals surface area contributed by atoms with Crippen LogP contribution in [0.3, 0.4) is 0 Å². The molecule has 2 aliphatic rings. The molecule has 0 bridgehead atoms. The third-order valence-corrected chi connectivity index (χ3v) is 4.73. The molecule has 4 heteroatoms. The van der Waals surface area contributed by atoms with Gasteiger partial charge >= 0.3 is 0 Å². The Morgan fingerprint density at radius 1 is 1.26 bits per heavy atom. The highest BCUT2D eigenvalue weighted by molar-refractivity contribution is 6.31. The molecule has 1 saturated carbocycles. The molecule has 1 aromatic carbocycles. The number of rotatable bonds is 0. The Balaban J connectivity index is 2.10. The van der Waals surface area contributed by atoms with E-state index in [2.05, 4.69) is 5.32 Å². The minimum atomic E-state index is -0.194. The van der Waals surface area contributed by atoms with Gasteiger partial charge in [-0.1, -0.05) is 18.0 Å². The standard InChI is InChI=1S/C15H19ClN2O/c1-10-8-11(16)9-12-13(10)17-15(18(2)14(12)19)6-4-3-5-7-15/h8-9,17H,3-7H2,1-2H3. The molecular formula is C15H19ClN2O. The quantitative estimate of drug-likeness (QED) is 0.783. The second-order valence-corrected chi connectivity index (χ2v) is 6.16. The highest BCUT2D eigenvalue weighted by Gasteiger charge is 2.43. The topological polar surface area (TPSA) is 32.3 Å². The molecule has 0 aromatic heterocycles. The minimum Gasteiger partial charge on any atom is -0.362 e. The first-order chi connectivity index (χ1) is 9.03. The number of hydrogen-bond acceptors (Lipinski definition) is 2. The molecule has 3 nitrogen and oxygen atoms in total. The fourth-order valence-corrected chi connectivity index (χ4v) is 3.64. The van der Waals surface area contributed by atoms with E-state index in [1.165, 1.54) is 19.3 Å². The van der Waals surface area contributed by atoms with E-state index in [0.717, 1.165) is 24.1 Å². The zero-order chi connectivity index (χ0) is 13.6. The number of benzene rings is 1. The monoisotopic (exact) mass is 278 g/mol. The SMILES string of the molecule is Cc1cc(Cl)cc2c1NC1(CCCCC1)N(C)C2=O. The van der Waals surface area contributed by atoms with Gasteiger partial charge in [-0.3, -0.25) is 4.79 Å². The Morgan fingerprint density at radius 3 is 2.63 bits per heavy atom. The Bertz CT molecular complexity index is 535. The van der Waals surface area contributed by atoms with Crippen LogP contribution in [0.5, 0.6) is 0 Å². The number of carbonyl (C=O) groups is 1. The summed E-state index contributed by atoms with van der Waals surface area (Å²) in [6.07, 6.45) is 5.66. The van der Waals surface area contributed by atoms with Gasteiger partial charge in [-0.25, -0.2) is 0 Å². The van der Waals surface area contributed by atoms with E-state index < -0.39 is 0 Å². The molecule has 1 aliphatic carbocycles. The molecule has 1 amide bonds. The van der Waals surface area contributed by atoms with E-state index in [4.69, 9.17) is 11.6 Å². The zero-order valence-corrected chi connectivity index (χ0v) is 12.2. The number of carbonyl (C=O) groups excluding carboxylic acids is 1. The van der Waals surface area contributed by atoms with Crippen molar-refractivity contribution >= 4 is 23.2 Å². The number of nitrogens with one attached hydrogen (secondary N) is 1. The number of aryl methyl sites for hydroxylation is 1. The zero-order valence-electron chi connectivity index (χ0n) is 11.4. The predicted octanol–water partition coefficient (Wildman–Crippen LogP) is 3.81. The van der Waals surface area contributed by atoms with Crippen molar-refractivity contribution < 1.29 is 4.79 Å². The predicted molar refractivity (Wildman–Crippen MR) is 77.7 cm³/mol. The van der Waals surface area contributed by atoms with Gasteiger partial charge in [-0.2, -0.15) is 0 Å². The number of fused-ring (bicyclic) bond motifs is 1. The van der Waals surface area contributed by atoms with Crippen LogP contribution in [0.25, 0.3) is 0 Å². The summed E-state index contributed by atoms with van der Waals surface area (Å²) in [7, 11) is 1.90. The van der Waals surface area contributed by atoms with Gasteiger partial charge in [-0.15, -0.1) is 0 Å². The van der Waals surface area contributed by atoms with Gasteiger partial charge in [0.1, 0.15) is 5.66 Å². The first-order valence-electron chi connectivity index (χ1n) is 6.90. The molecule has 1 heterocycles. The highest BCUT2D eigenvalue weighted by atomic mass is 35.5. The molecule has 0 atom stereocenters. The molecule has 0 saturated heterocycles. The molecule has 102 valence electrons. The summed E-state index contributed by atoms with van der Waals surface area (Å²) in [5.41, 5.74) is 2.52. The van der Waals surface area contributed by atoms with Crippen molar-refractivity contribution in [1.82, 2.24) is 4.90 Å². The van der Waals surface area contributed by atoms with E-state index in [1.54, 1.807) is 6.07 Å². The van der Waals surface area contributed by atoms with Crippen LogP contribution in [-0.4, -0.2) is 23.5 Å². The van der Waals surface area contributed by atoms with Gasteiger partial charge in [0.2, 0.25) is 0 Å². The molecule has 0 radical (unpaired) electrons. The number of amides is 1. The van der Waals surface area contributed by atoms with Crippen molar-refractivity contribution in [3.8, 4) is 0 Å². The van der Waals surface area contributed by atoms with Crippen molar-refractivity contribution in [1.29, 1.82) is 0 Å². The van der Waals surface area contributed by atoms with Crippen LogP contribution in [-0.2, 0) is 0 Å². The van der Waals surface area contributed by atoms with Gasteiger partial charge in [-0.05, 0) is 50.3 Å². The van der Waals surface area contributed by atoms with Gasteiger partial charge in [0, 0.05) is 12.1 Å². The third kappa shape index (κ3) is 1.91. The molecule has 1 aromatic rings. The lowest BCUT2D eigenvalue weighted by Gasteiger charge is -2.49. The summed E-state index contributed by atoms with van der Waals surface area (Å²) in [6, 6.07) is 3.69. The third-order valence-electron chi connectivity index (χ3n) is 4.52. The van der Waals surface area contributed by atoms with Crippen LogP contribution in [0.2, 0.25) is 5.02 Å². The van der Waals surface area contributed by atoms with Crippen molar-refractivity contribution in [2.24, 2.45) is 0 Å².